The molecule has 1 aliphatic rings. The summed E-state index contributed by atoms with van der Waals surface area (Å²) in [6.45, 7) is 5.98. The highest BCUT2D eigenvalue weighted by atomic mass is 16.5. The number of carbonyl (C=O) groups excluding carboxylic acids is 1. The van der Waals surface area contributed by atoms with E-state index in [0.29, 0.717) is 18.7 Å². The van der Waals surface area contributed by atoms with Gasteiger partial charge in [-0.25, -0.2) is 4.98 Å². The summed E-state index contributed by atoms with van der Waals surface area (Å²) >= 11 is 0. The summed E-state index contributed by atoms with van der Waals surface area (Å²) in [5.74, 6) is 0.989. The van der Waals surface area contributed by atoms with Crippen LogP contribution < -0.4 is 0 Å². The standard InChI is InChI=1S/C18H24N4O2/c1-13-6-7-19-10-16(13)18(23)21-8-4-5-15(11-21)22-14(2)9-20-17(22)12-24-3/h6-7,9-10,15H,4-5,8,11-12H2,1-3H3/t15-/m0/s1. The summed E-state index contributed by atoms with van der Waals surface area (Å²) in [6.07, 6.45) is 7.29. The minimum atomic E-state index is 0.0661. The number of amides is 1. The van der Waals surface area contributed by atoms with Crippen LogP contribution in [0.4, 0.5) is 0 Å². The van der Waals surface area contributed by atoms with E-state index in [-0.39, 0.29) is 11.9 Å². The molecule has 0 radical (unpaired) electrons. The third-order valence-corrected chi connectivity index (χ3v) is 4.65. The van der Waals surface area contributed by atoms with Crippen LogP contribution in [-0.4, -0.2) is 45.5 Å². The van der Waals surface area contributed by atoms with Crippen LogP contribution in [0.25, 0.3) is 0 Å². The van der Waals surface area contributed by atoms with Crippen LogP contribution in [-0.2, 0) is 11.3 Å². The molecule has 0 aliphatic carbocycles. The number of aromatic nitrogens is 3. The van der Waals surface area contributed by atoms with Gasteiger partial charge in [0.15, 0.2) is 0 Å². The molecule has 0 unspecified atom stereocenters. The Kier molecular flexibility index (Phi) is 4.94. The van der Waals surface area contributed by atoms with Crippen LogP contribution in [0.3, 0.4) is 0 Å². The minimum Gasteiger partial charge on any atom is -0.377 e. The molecule has 2 aromatic rings. The Labute approximate surface area is 142 Å². The van der Waals surface area contributed by atoms with Crippen LogP contribution in [0.1, 0.15) is 46.3 Å². The first kappa shape index (κ1) is 16.6. The summed E-state index contributed by atoms with van der Waals surface area (Å²) in [6, 6.07) is 2.12. The Morgan fingerprint density at radius 3 is 2.96 bits per heavy atom. The van der Waals surface area contributed by atoms with E-state index in [1.165, 1.54) is 0 Å². The summed E-state index contributed by atoms with van der Waals surface area (Å²) < 4.78 is 7.48. The maximum Gasteiger partial charge on any atom is 0.255 e. The van der Waals surface area contributed by atoms with Crippen molar-refractivity contribution < 1.29 is 9.53 Å². The number of methoxy groups -OCH3 is 1. The van der Waals surface area contributed by atoms with Crippen molar-refractivity contribution in [2.24, 2.45) is 0 Å². The van der Waals surface area contributed by atoms with Gasteiger partial charge in [-0.3, -0.25) is 9.78 Å². The summed E-state index contributed by atoms with van der Waals surface area (Å²) in [5, 5.41) is 0. The summed E-state index contributed by atoms with van der Waals surface area (Å²) in [5.41, 5.74) is 2.77. The molecule has 0 N–H and O–H groups in total. The topological polar surface area (TPSA) is 60.2 Å². The quantitative estimate of drug-likeness (QED) is 0.865. The van der Waals surface area contributed by atoms with Crippen molar-refractivity contribution >= 4 is 5.91 Å². The number of carbonyl (C=O) groups is 1. The van der Waals surface area contributed by atoms with Gasteiger partial charge in [0.05, 0.1) is 11.6 Å². The molecule has 1 aliphatic heterocycles. The van der Waals surface area contributed by atoms with Crippen molar-refractivity contribution in [1.82, 2.24) is 19.4 Å². The van der Waals surface area contributed by atoms with Crippen molar-refractivity contribution in [3.8, 4) is 0 Å². The normalized spacial score (nSPS) is 18.0. The minimum absolute atomic E-state index is 0.0661. The van der Waals surface area contributed by atoms with Crippen molar-refractivity contribution in [2.75, 3.05) is 20.2 Å². The fourth-order valence-corrected chi connectivity index (χ4v) is 3.44. The zero-order valence-electron chi connectivity index (χ0n) is 14.5. The van der Waals surface area contributed by atoms with Gasteiger partial charge in [-0.2, -0.15) is 0 Å². The fraction of sp³-hybridized carbons (Fsp3) is 0.500. The molecule has 0 spiro atoms. The molecule has 1 fully saturated rings. The van der Waals surface area contributed by atoms with Crippen LogP contribution in [0.2, 0.25) is 0 Å². The van der Waals surface area contributed by atoms with E-state index in [9.17, 15) is 4.79 Å². The third kappa shape index (κ3) is 3.19. The zero-order chi connectivity index (χ0) is 17.1. The van der Waals surface area contributed by atoms with Crippen molar-refractivity contribution in [3.63, 3.8) is 0 Å². The van der Waals surface area contributed by atoms with Gasteiger partial charge in [0.2, 0.25) is 0 Å². The average molecular weight is 328 g/mol. The van der Waals surface area contributed by atoms with E-state index in [4.69, 9.17) is 4.74 Å². The van der Waals surface area contributed by atoms with E-state index < -0.39 is 0 Å². The van der Waals surface area contributed by atoms with Gasteiger partial charge >= 0.3 is 0 Å². The monoisotopic (exact) mass is 328 g/mol. The Morgan fingerprint density at radius 2 is 2.21 bits per heavy atom. The highest BCUT2D eigenvalue weighted by Gasteiger charge is 2.28. The molecule has 128 valence electrons. The number of pyridine rings is 1. The summed E-state index contributed by atoms with van der Waals surface area (Å²) in [4.78, 5) is 23.4. The lowest BCUT2D eigenvalue weighted by Gasteiger charge is -2.35. The van der Waals surface area contributed by atoms with Gasteiger partial charge < -0.3 is 14.2 Å². The van der Waals surface area contributed by atoms with E-state index in [2.05, 4.69) is 21.5 Å². The van der Waals surface area contributed by atoms with Crippen LogP contribution in [0, 0.1) is 13.8 Å². The lowest BCUT2D eigenvalue weighted by Crippen LogP contribution is -2.41. The maximum absolute atomic E-state index is 12.9. The molecule has 0 aromatic carbocycles. The number of hydrogen-bond acceptors (Lipinski definition) is 4. The Bertz CT molecular complexity index is 726. The van der Waals surface area contributed by atoms with Gasteiger partial charge in [0.25, 0.3) is 5.91 Å². The van der Waals surface area contributed by atoms with E-state index >= 15 is 0 Å². The fourth-order valence-electron chi connectivity index (χ4n) is 3.44. The molecular weight excluding hydrogens is 304 g/mol. The second kappa shape index (κ2) is 7.13. The summed E-state index contributed by atoms with van der Waals surface area (Å²) in [7, 11) is 1.68. The second-order valence-corrected chi connectivity index (χ2v) is 6.36. The van der Waals surface area contributed by atoms with Crippen molar-refractivity contribution in [3.05, 3.63) is 47.3 Å². The Hall–Kier alpha value is -2.21. The Morgan fingerprint density at radius 1 is 1.38 bits per heavy atom. The molecule has 1 saturated heterocycles. The smallest absolute Gasteiger partial charge is 0.255 e. The van der Waals surface area contributed by atoms with E-state index in [1.54, 1.807) is 19.5 Å². The molecule has 2 aromatic heterocycles. The van der Waals surface area contributed by atoms with E-state index in [1.807, 2.05) is 24.1 Å². The average Bonchev–Trinajstić information content (AvgIpc) is 2.96. The molecule has 1 atom stereocenters. The maximum atomic E-state index is 12.9. The molecule has 6 heteroatoms. The first-order valence-corrected chi connectivity index (χ1v) is 8.33. The van der Waals surface area contributed by atoms with Gasteiger partial charge in [0, 0.05) is 44.5 Å². The number of hydrogen-bond donors (Lipinski definition) is 0. The van der Waals surface area contributed by atoms with Crippen molar-refractivity contribution in [2.45, 2.75) is 39.3 Å². The predicted octanol–water partition coefficient (Wildman–Crippen LogP) is 2.52. The molecular formula is C18H24N4O2. The van der Waals surface area contributed by atoms with E-state index in [0.717, 1.165) is 36.5 Å². The highest BCUT2D eigenvalue weighted by molar-refractivity contribution is 5.95. The molecule has 0 saturated carbocycles. The van der Waals surface area contributed by atoms with Crippen LogP contribution in [0.5, 0.6) is 0 Å². The van der Waals surface area contributed by atoms with Gasteiger partial charge in [-0.1, -0.05) is 0 Å². The molecule has 3 heterocycles. The molecule has 0 bridgehead atoms. The van der Waals surface area contributed by atoms with Gasteiger partial charge in [-0.05, 0) is 38.3 Å². The molecule has 3 rings (SSSR count). The predicted molar refractivity (Wildman–Crippen MR) is 90.8 cm³/mol. The second-order valence-electron chi connectivity index (χ2n) is 6.36. The molecule has 24 heavy (non-hydrogen) atoms. The number of imidazole rings is 1. The number of piperidine rings is 1. The Balaban J connectivity index is 1.81. The number of ether oxygens (including phenoxy) is 1. The van der Waals surface area contributed by atoms with Gasteiger partial charge in [0.1, 0.15) is 12.4 Å². The number of aryl methyl sites for hydroxylation is 2. The zero-order valence-corrected chi connectivity index (χ0v) is 14.5. The SMILES string of the molecule is COCc1ncc(C)n1[C@H]1CCCN(C(=O)c2cnccc2C)C1. The first-order chi connectivity index (χ1) is 11.6. The number of rotatable bonds is 4. The van der Waals surface area contributed by atoms with Crippen LogP contribution in [0.15, 0.2) is 24.7 Å². The number of likely N-dealkylation sites (tertiary alicyclic amines) is 1. The van der Waals surface area contributed by atoms with Crippen LogP contribution >= 0.6 is 0 Å². The number of nitrogens with zero attached hydrogens (tertiary/aromatic N) is 4. The lowest BCUT2D eigenvalue weighted by atomic mass is 10.0. The molecule has 1 amide bonds. The molecule has 6 nitrogen and oxygen atoms in total. The third-order valence-electron chi connectivity index (χ3n) is 4.65. The van der Waals surface area contributed by atoms with Crippen molar-refractivity contribution in [1.29, 1.82) is 0 Å². The lowest BCUT2D eigenvalue weighted by molar-refractivity contribution is 0.0671. The largest absolute Gasteiger partial charge is 0.377 e. The van der Waals surface area contributed by atoms with Gasteiger partial charge in [-0.15, -0.1) is 0 Å². The first-order valence-electron chi connectivity index (χ1n) is 8.33. The highest BCUT2D eigenvalue weighted by Crippen LogP contribution is 2.26.